The molecule has 0 unspecified atom stereocenters. The summed E-state index contributed by atoms with van der Waals surface area (Å²) in [7, 11) is 0. The molecule has 1 fully saturated rings. The fourth-order valence-electron chi connectivity index (χ4n) is 2.64. The number of rotatable bonds is 3. The summed E-state index contributed by atoms with van der Waals surface area (Å²) >= 11 is 0. The van der Waals surface area contributed by atoms with Gasteiger partial charge in [-0.1, -0.05) is 19.0 Å². The molecule has 1 saturated carbocycles. The number of nitrogens with zero attached hydrogens (tertiary/aromatic N) is 2. The summed E-state index contributed by atoms with van der Waals surface area (Å²) in [4.78, 5) is 4.40. The smallest absolute Gasteiger partial charge is 0.243 e. The van der Waals surface area contributed by atoms with E-state index >= 15 is 0 Å². The van der Waals surface area contributed by atoms with E-state index in [4.69, 9.17) is 10.3 Å². The van der Waals surface area contributed by atoms with Gasteiger partial charge in [0.2, 0.25) is 5.89 Å². The van der Waals surface area contributed by atoms with E-state index in [1.807, 2.05) is 6.92 Å². The second kappa shape index (κ2) is 5.17. The lowest BCUT2D eigenvalue weighted by molar-refractivity contribution is 0.251. The highest BCUT2D eigenvalue weighted by Crippen LogP contribution is 2.37. The molecule has 96 valence electrons. The molecule has 0 aliphatic heterocycles. The monoisotopic (exact) mass is 237 g/mol. The van der Waals surface area contributed by atoms with Crippen LogP contribution in [0.15, 0.2) is 4.52 Å². The van der Waals surface area contributed by atoms with Crippen LogP contribution in [0.3, 0.4) is 0 Å². The van der Waals surface area contributed by atoms with Crippen molar-refractivity contribution in [3.05, 3.63) is 11.7 Å². The molecule has 4 heteroatoms. The van der Waals surface area contributed by atoms with Gasteiger partial charge in [-0.05, 0) is 44.4 Å². The van der Waals surface area contributed by atoms with Crippen LogP contribution < -0.4 is 5.73 Å². The molecule has 0 amide bonds. The molecule has 2 rings (SSSR count). The van der Waals surface area contributed by atoms with Gasteiger partial charge in [0, 0.05) is 5.92 Å². The molecule has 1 atom stereocenters. The highest BCUT2D eigenvalue weighted by Gasteiger charge is 2.27. The molecule has 0 bridgehead atoms. The van der Waals surface area contributed by atoms with Gasteiger partial charge in [0.25, 0.3) is 0 Å². The van der Waals surface area contributed by atoms with E-state index in [0.717, 1.165) is 17.7 Å². The molecule has 0 aromatic carbocycles. The Morgan fingerprint density at radius 2 is 1.82 bits per heavy atom. The molecule has 1 aliphatic carbocycles. The van der Waals surface area contributed by atoms with Gasteiger partial charge in [-0.2, -0.15) is 4.98 Å². The molecule has 1 heterocycles. The molecule has 0 spiro atoms. The third kappa shape index (κ3) is 2.86. The Kier molecular flexibility index (Phi) is 3.82. The van der Waals surface area contributed by atoms with Crippen molar-refractivity contribution in [2.45, 2.75) is 58.4 Å². The first-order valence-electron chi connectivity index (χ1n) is 6.67. The minimum Gasteiger partial charge on any atom is -0.338 e. The van der Waals surface area contributed by atoms with Gasteiger partial charge in [0.1, 0.15) is 0 Å². The van der Waals surface area contributed by atoms with Crippen LogP contribution in [0, 0.1) is 11.8 Å². The normalized spacial score (nSPS) is 27.4. The van der Waals surface area contributed by atoms with Crippen molar-refractivity contribution in [3.63, 3.8) is 0 Å². The predicted octanol–water partition coefficient (Wildman–Crippen LogP) is 3.02. The Balaban J connectivity index is 1.96. The summed E-state index contributed by atoms with van der Waals surface area (Å²) in [5.41, 5.74) is 5.72. The summed E-state index contributed by atoms with van der Waals surface area (Å²) in [6.07, 6.45) is 4.93. The van der Waals surface area contributed by atoms with Gasteiger partial charge in [-0.15, -0.1) is 0 Å². The van der Waals surface area contributed by atoms with Crippen molar-refractivity contribution in [1.29, 1.82) is 0 Å². The minimum absolute atomic E-state index is 0.164. The van der Waals surface area contributed by atoms with Crippen LogP contribution in [0.2, 0.25) is 0 Å². The lowest BCUT2D eigenvalue weighted by atomic mass is 9.77. The summed E-state index contributed by atoms with van der Waals surface area (Å²) in [5.74, 6) is 3.55. The molecule has 17 heavy (non-hydrogen) atoms. The maximum atomic E-state index is 5.72. The van der Waals surface area contributed by atoms with Gasteiger partial charge in [0.15, 0.2) is 5.82 Å². The quantitative estimate of drug-likeness (QED) is 0.877. The Morgan fingerprint density at radius 3 is 2.29 bits per heavy atom. The summed E-state index contributed by atoms with van der Waals surface area (Å²) in [6, 6.07) is -0.164. The first-order valence-corrected chi connectivity index (χ1v) is 6.67. The predicted molar refractivity (Wildman–Crippen MR) is 66.4 cm³/mol. The second-order valence-corrected chi connectivity index (χ2v) is 5.64. The third-order valence-corrected chi connectivity index (χ3v) is 3.93. The highest BCUT2D eigenvalue weighted by molar-refractivity contribution is 4.99. The standard InChI is InChI=1S/C13H23N3O/c1-8(2)10-4-6-11(7-5-10)12-15-13(9(3)14)17-16-12/h8-11H,4-7,14H2,1-3H3/t9-,10?,11?/m1/s1. The molecule has 0 radical (unpaired) electrons. The number of aromatic nitrogens is 2. The van der Waals surface area contributed by atoms with Crippen LogP contribution >= 0.6 is 0 Å². The van der Waals surface area contributed by atoms with Gasteiger partial charge in [-0.25, -0.2) is 0 Å². The van der Waals surface area contributed by atoms with Gasteiger partial charge in [-0.3, -0.25) is 0 Å². The Labute approximate surface area is 103 Å². The highest BCUT2D eigenvalue weighted by atomic mass is 16.5. The first-order chi connectivity index (χ1) is 8.08. The van der Waals surface area contributed by atoms with Crippen LogP contribution in [0.5, 0.6) is 0 Å². The third-order valence-electron chi connectivity index (χ3n) is 3.93. The van der Waals surface area contributed by atoms with E-state index in [1.165, 1.54) is 25.7 Å². The molecular formula is C13H23N3O. The molecule has 4 nitrogen and oxygen atoms in total. The van der Waals surface area contributed by atoms with Crippen LogP contribution in [-0.4, -0.2) is 10.1 Å². The van der Waals surface area contributed by atoms with Crippen molar-refractivity contribution >= 4 is 0 Å². The fourth-order valence-corrected chi connectivity index (χ4v) is 2.64. The van der Waals surface area contributed by atoms with E-state index < -0.39 is 0 Å². The number of hydrogen-bond acceptors (Lipinski definition) is 4. The van der Waals surface area contributed by atoms with Crippen molar-refractivity contribution in [3.8, 4) is 0 Å². The largest absolute Gasteiger partial charge is 0.338 e. The molecule has 2 N–H and O–H groups in total. The van der Waals surface area contributed by atoms with Crippen molar-refractivity contribution in [2.75, 3.05) is 0 Å². The number of hydrogen-bond donors (Lipinski definition) is 1. The van der Waals surface area contributed by atoms with Crippen LogP contribution in [0.1, 0.15) is 70.1 Å². The maximum absolute atomic E-state index is 5.72. The maximum Gasteiger partial charge on any atom is 0.243 e. The lowest BCUT2D eigenvalue weighted by Crippen LogP contribution is -2.18. The van der Waals surface area contributed by atoms with Crippen molar-refractivity contribution < 1.29 is 4.52 Å². The van der Waals surface area contributed by atoms with E-state index in [9.17, 15) is 0 Å². The Bertz CT molecular complexity index is 351. The van der Waals surface area contributed by atoms with Gasteiger partial charge >= 0.3 is 0 Å². The Hall–Kier alpha value is -0.900. The SMILES string of the molecule is CC(C)C1CCC(c2noc([C@@H](C)N)n2)CC1. The van der Waals surface area contributed by atoms with Gasteiger partial charge < -0.3 is 10.3 Å². The topological polar surface area (TPSA) is 64.9 Å². The van der Waals surface area contributed by atoms with E-state index in [1.54, 1.807) is 0 Å². The van der Waals surface area contributed by atoms with E-state index in [-0.39, 0.29) is 6.04 Å². The number of nitrogens with two attached hydrogens (primary N) is 1. The second-order valence-electron chi connectivity index (χ2n) is 5.64. The van der Waals surface area contributed by atoms with Crippen molar-refractivity contribution in [1.82, 2.24) is 10.1 Å². The zero-order chi connectivity index (χ0) is 12.4. The zero-order valence-electron chi connectivity index (χ0n) is 11.0. The van der Waals surface area contributed by atoms with Crippen molar-refractivity contribution in [2.24, 2.45) is 17.6 Å². The lowest BCUT2D eigenvalue weighted by Gasteiger charge is -2.29. The first kappa shape index (κ1) is 12.6. The van der Waals surface area contributed by atoms with Gasteiger partial charge in [0.05, 0.1) is 6.04 Å². The fraction of sp³-hybridized carbons (Fsp3) is 0.846. The average molecular weight is 237 g/mol. The summed E-state index contributed by atoms with van der Waals surface area (Å²) < 4.78 is 5.17. The summed E-state index contributed by atoms with van der Waals surface area (Å²) in [5, 5.41) is 4.06. The molecule has 0 saturated heterocycles. The Morgan fingerprint density at radius 1 is 1.18 bits per heavy atom. The van der Waals surface area contributed by atoms with Crippen LogP contribution in [0.25, 0.3) is 0 Å². The summed E-state index contributed by atoms with van der Waals surface area (Å²) in [6.45, 7) is 6.49. The molecule has 1 aliphatic rings. The van der Waals surface area contributed by atoms with Crippen LogP contribution in [-0.2, 0) is 0 Å². The van der Waals surface area contributed by atoms with E-state index in [2.05, 4.69) is 24.0 Å². The zero-order valence-corrected chi connectivity index (χ0v) is 11.0. The van der Waals surface area contributed by atoms with E-state index in [0.29, 0.717) is 11.8 Å². The molecular weight excluding hydrogens is 214 g/mol. The molecule has 1 aromatic heterocycles. The van der Waals surface area contributed by atoms with Crippen LogP contribution in [0.4, 0.5) is 0 Å². The minimum atomic E-state index is -0.164. The average Bonchev–Trinajstić information content (AvgIpc) is 2.78. The molecule has 1 aromatic rings.